The van der Waals surface area contributed by atoms with E-state index in [1.54, 1.807) is 0 Å². The summed E-state index contributed by atoms with van der Waals surface area (Å²) >= 11 is -2.58. The molecule has 0 bridgehead atoms. The second kappa shape index (κ2) is 16.2. The second-order valence-corrected chi connectivity index (χ2v) is 1.30. The molecule has 0 aromatic carbocycles. The van der Waals surface area contributed by atoms with Crippen LogP contribution in [0.25, 0.3) is 0 Å². The zero-order valence-electron chi connectivity index (χ0n) is 4.88. The largest absolute Gasteiger partial charge is 0.732 e. The van der Waals surface area contributed by atoms with E-state index in [1.165, 1.54) is 12.8 Å². The highest BCUT2D eigenvalue weighted by atomic mass is 27.2. The Labute approximate surface area is 50.6 Å². The summed E-state index contributed by atoms with van der Waals surface area (Å²) in [6.07, 6.45) is 2.64. The van der Waals surface area contributed by atoms with E-state index in [9.17, 15) is 7.05 Å². The topological polar surface area (TPSA) is 0 Å². The molecule has 0 fully saturated rings. The Bertz CT molecular complexity index is 17.2. The van der Waals surface area contributed by atoms with Crippen LogP contribution in [0.3, 0.4) is 0 Å². The van der Waals surface area contributed by atoms with E-state index in [0.717, 1.165) is 0 Å². The molecule has 0 heterocycles. The van der Waals surface area contributed by atoms with Gasteiger partial charge in [0.15, 0.2) is 0 Å². The third-order valence-corrected chi connectivity index (χ3v) is 0.500. The normalized spacial score (nSPS) is 6.29. The highest BCUT2D eigenvalue weighted by Gasteiger charge is 1.70. The summed E-state index contributed by atoms with van der Waals surface area (Å²) in [6.45, 7) is 4.36. The molecule has 7 heavy (non-hydrogen) atoms. The lowest BCUT2D eigenvalue weighted by Crippen LogP contribution is -1.47. The highest BCUT2D eigenvalue weighted by Crippen LogP contribution is 1.76. The zero-order chi connectivity index (χ0) is 6.12. The molecule has 0 radical (unpaired) electrons. The Morgan fingerprint density at radius 1 is 1.14 bits per heavy atom. The van der Waals surface area contributed by atoms with Crippen LogP contribution in [0.15, 0.2) is 0 Å². The van der Waals surface area contributed by atoms with Gasteiger partial charge < -0.3 is 7.05 Å². The van der Waals surface area contributed by atoms with E-state index in [0.29, 0.717) is 0 Å². The van der Waals surface area contributed by atoms with Crippen LogP contribution in [0.4, 0.5) is 7.05 Å². The third kappa shape index (κ3) is 63.6. The first-order chi connectivity index (χ1) is 3.33. The Balaban J connectivity index is 0. The van der Waals surface area contributed by atoms with Crippen molar-refractivity contribution < 1.29 is 7.05 Å². The minimum atomic E-state index is -2.58. The van der Waals surface area contributed by atoms with Gasteiger partial charge in [-0.3, -0.25) is 0 Å². The predicted octanol–water partition coefficient (Wildman–Crippen LogP) is 2.00. The minimum absolute atomic E-state index is 1.32. The molecule has 0 aromatic rings. The van der Waals surface area contributed by atoms with Crippen molar-refractivity contribution in [3.05, 3.63) is 0 Å². The summed E-state index contributed by atoms with van der Waals surface area (Å²) < 4.78 is 19.5. The predicted molar refractivity (Wildman–Crippen MR) is 29.9 cm³/mol. The van der Waals surface area contributed by atoms with Crippen LogP contribution < -0.4 is 0 Å². The van der Waals surface area contributed by atoms with Gasteiger partial charge in [0.25, 0.3) is 0 Å². The molecule has 0 saturated heterocycles. The molecule has 3 heteroatoms. The van der Waals surface area contributed by atoms with Crippen LogP contribution in [0.2, 0.25) is 0 Å². The average Bonchev–Trinajstić information content (AvgIpc) is 1.69. The molecular weight excluding hydrogens is 113 g/mol. The zero-order valence-corrected chi connectivity index (χ0v) is 6.29. The van der Waals surface area contributed by atoms with E-state index < -0.39 is 16.1 Å². The van der Waals surface area contributed by atoms with Crippen molar-refractivity contribution in [2.24, 2.45) is 0 Å². The van der Waals surface area contributed by atoms with E-state index in [1.807, 2.05) is 0 Å². The summed E-state index contributed by atoms with van der Waals surface area (Å²) in [5.41, 5.74) is 0. The van der Waals surface area contributed by atoms with Crippen molar-refractivity contribution in [2.75, 3.05) is 0 Å². The molecule has 44 valence electrons. The van der Waals surface area contributed by atoms with Crippen molar-refractivity contribution in [3.63, 3.8) is 0 Å². The lowest BCUT2D eigenvalue weighted by atomic mass is 10.4. The summed E-state index contributed by atoms with van der Waals surface area (Å²) in [6, 6.07) is 0. The molecule has 0 rings (SSSR count). The molecule has 0 N–H and O–H groups in total. The van der Waals surface area contributed by atoms with Gasteiger partial charge in [0.2, 0.25) is 0 Å². The molecule has 0 aliphatic carbocycles. The van der Waals surface area contributed by atoms with E-state index in [4.69, 9.17) is 0 Å². The van der Waals surface area contributed by atoms with Crippen LogP contribution in [0, 0.1) is 0 Å². The molecule has 0 atom stereocenters. The molecule has 0 aliphatic heterocycles. The number of halogens is 2. The van der Waals surface area contributed by atoms with Crippen molar-refractivity contribution in [3.8, 4) is 0 Å². The Hall–Kier alpha value is 0.392. The van der Waals surface area contributed by atoms with E-state index in [-0.39, 0.29) is 0 Å². The SMILES string of the molecule is CCCC.[F][AlH][F]. The Kier molecular flexibility index (Phi) is 24.0. The van der Waals surface area contributed by atoms with Crippen molar-refractivity contribution in [2.45, 2.75) is 26.7 Å². The molecule has 0 nitrogen and oxygen atoms in total. The van der Waals surface area contributed by atoms with Gasteiger partial charge in [0.05, 0.1) is 0 Å². The molecular formula is C4H11AlF2. The summed E-state index contributed by atoms with van der Waals surface area (Å²) in [5, 5.41) is 0. The molecule has 0 saturated carbocycles. The summed E-state index contributed by atoms with van der Waals surface area (Å²) in [4.78, 5) is 0. The van der Waals surface area contributed by atoms with Gasteiger partial charge in [0, 0.05) is 0 Å². The van der Waals surface area contributed by atoms with Gasteiger partial charge in [-0.1, -0.05) is 26.7 Å². The maximum Gasteiger partial charge on any atom is 0.732 e. The molecule has 0 aromatic heterocycles. The van der Waals surface area contributed by atoms with E-state index >= 15 is 0 Å². The number of hydrogen-bond acceptors (Lipinski definition) is 0. The lowest BCUT2D eigenvalue weighted by molar-refractivity contribution is 0.712. The van der Waals surface area contributed by atoms with Crippen LogP contribution in [0.1, 0.15) is 26.7 Å². The highest BCUT2D eigenvalue weighted by molar-refractivity contribution is 6.15. The monoisotopic (exact) mass is 124 g/mol. The van der Waals surface area contributed by atoms with Gasteiger partial charge in [0.1, 0.15) is 0 Å². The first kappa shape index (κ1) is 10.4. The van der Waals surface area contributed by atoms with Gasteiger partial charge in [-0.2, -0.15) is 0 Å². The number of unbranched alkanes of at least 4 members (excludes halogenated alkanes) is 1. The van der Waals surface area contributed by atoms with Gasteiger partial charge in [-0.25, -0.2) is 0 Å². The van der Waals surface area contributed by atoms with Crippen LogP contribution in [-0.2, 0) is 0 Å². The number of rotatable bonds is 1. The summed E-state index contributed by atoms with van der Waals surface area (Å²) in [7, 11) is 0. The quantitative estimate of drug-likeness (QED) is 0.469. The van der Waals surface area contributed by atoms with Crippen LogP contribution in [0.5, 0.6) is 0 Å². The minimum Gasteiger partial charge on any atom is -0.377 e. The van der Waals surface area contributed by atoms with Crippen LogP contribution in [-0.4, -0.2) is 16.1 Å². The van der Waals surface area contributed by atoms with Crippen LogP contribution >= 0.6 is 0 Å². The van der Waals surface area contributed by atoms with Gasteiger partial charge in [-0.05, 0) is 0 Å². The van der Waals surface area contributed by atoms with Gasteiger partial charge in [-0.15, -0.1) is 0 Å². The number of hydrogen-bond donors (Lipinski definition) is 0. The third-order valence-electron chi connectivity index (χ3n) is 0.500. The fourth-order valence-electron chi connectivity index (χ4n) is 0. The second-order valence-electron chi connectivity index (χ2n) is 1.10. The van der Waals surface area contributed by atoms with Gasteiger partial charge >= 0.3 is 16.1 Å². The van der Waals surface area contributed by atoms with E-state index in [2.05, 4.69) is 13.8 Å². The Morgan fingerprint density at radius 3 is 1.29 bits per heavy atom. The van der Waals surface area contributed by atoms with Crippen molar-refractivity contribution in [1.29, 1.82) is 0 Å². The first-order valence-electron chi connectivity index (χ1n) is 2.45. The first-order valence-corrected chi connectivity index (χ1v) is 3.52. The van der Waals surface area contributed by atoms with Crippen molar-refractivity contribution >= 4 is 16.1 Å². The fourth-order valence-corrected chi connectivity index (χ4v) is 0. The lowest BCUT2D eigenvalue weighted by Gasteiger charge is -1.68. The molecule has 0 unspecified atom stereocenters. The molecule has 0 aliphatic rings. The smallest absolute Gasteiger partial charge is 0.377 e. The Morgan fingerprint density at radius 2 is 1.29 bits per heavy atom. The maximum atomic E-state index is 9.76. The van der Waals surface area contributed by atoms with Crippen molar-refractivity contribution in [1.82, 2.24) is 0 Å². The molecule has 0 amide bonds. The summed E-state index contributed by atoms with van der Waals surface area (Å²) in [5.74, 6) is 0. The molecule has 0 spiro atoms. The average molecular weight is 124 g/mol. The standard InChI is InChI=1S/C4H10.Al.2FH.H/c1-3-4-2;;;;/h3-4H2,1-2H3;;2*1H;/q;+2;;;/p-2. The fraction of sp³-hybridized carbons (Fsp3) is 1.00. The maximum absolute atomic E-state index is 9.76.